The summed E-state index contributed by atoms with van der Waals surface area (Å²) in [6, 6.07) is 14.9. The van der Waals surface area contributed by atoms with E-state index in [0.29, 0.717) is 6.04 Å². The first-order valence-electron chi connectivity index (χ1n) is 10.3. The fourth-order valence-corrected chi connectivity index (χ4v) is 4.90. The van der Waals surface area contributed by atoms with Crippen LogP contribution in [0.3, 0.4) is 0 Å². The zero-order valence-electron chi connectivity index (χ0n) is 16.8. The molecule has 5 heteroatoms. The van der Waals surface area contributed by atoms with Crippen LogP contribution < -0.4 is 9.80 Å². The number of hydrogen-bond acceptors (Lipinski definition) is 4. The van der Waals surface area contributed by atoms with Gasteiger partial charge in [-0.1, -0.05) is 43.2 Å². The molecule has 0 radical (unpaired) electrons. The first kappa shape index (κ1) is 18.0. The van der Waals surface area contributed by atoms with Crippen LogP contribution in [0.4, 0.5) is 11.4 Å². The van der Waals surface area contributed by atoms with Crippen LogP contribution >= 0.6 is 0 Å². The summed E-state index contributed by atoms with van der Waals surface area (Å²) in [6.45, 7) is 2.04. The van der Waals surface area contributed by atoms with Crippen LogP contribution in [0.5, 0.6) is 0 Å². The van der Waals surface area contributed by atoms with Gasteiger partial charge in [0.25, 0.3) is 0 Å². The predicted octanol–water partition coefficient (Wildman–Crippen LogP) is 5.12. The number of fused-ring (bicyclic) bond motifs is 1. The van der Waals surface area contributed by atoms with Gasteiger partial charge in [-0.25, -0.2) is 4.98 Å². The molecule has 5 rings (SSSR count). The maximum Gasteiger partial charge on any atom is 0.249 e. The minimum absolute atomic E-state index is 0.143. The fraction of sp³-hybridized carbons (Fsp3) is 0.333. The van der Waals surface area contributed by atoms with Gasteiger partial charge in [0, 0.05) is 18.7 Å². The van der Waals surface area contributed by atoms with Crippen molar-refractivity contribution in [1.82, 2.24) is 4.98 Å². The molecule has 3 aromatic rings. The molecule has 1 fully saturated rings. The van der Waals surface area contributed by atoms with Gasteiger partial charge < -0.3 is 14.2 Å². The lowest BCUT2D eigenvalue weighted by Crippen LogP contribution is -2.54. The maximum absolute atomic E-state index is 12.9. The summed E-state index contributed by atoms with van der Waals surface area (Å²) >= 11 is 0. The van der Waals surface area contributed by atoms with E-state index in [4.69, 9.17) is 4.42 Å². The Hall–Kier alpha value is -3.08. The Labute approximate surface area is 171 Å². The van der Waals surface area contributed by atoms with Crippen LogP contribution in [-0.4, -0.2) is 30.0 Å². The Morgan fingerprint density at radius 1 is 1.03 bits per heavy atom. The number of anilines is 2. The molecule has 1 aliphatic heterocycles. The number of nitrogens with zero attached hydrogens (tertiary/aromatic N) is 3. The quantitative estimate of drug-likeness (QED) is 0.626. The van der Waals surface area contributed by atoms with Crippen LogP contribution in [0.15, 0.2) is 59.5 Å². The van der Waals surface area contributed by atoms with E-state index in [0.717, 1.165) is 46.7 Å². The molecular weight excluding hydrogens is 362 g/mol. The summed E-state index contributed by atoms with van der Waals surface area (Å²) in [6.07, 6.45) is 7.99. The number of oxazole rings is 1. The van der Waals surface area contributed by atoms with Gasteiger partial charge >= 0.3 is 0 Å². The first-order valence-corrected chi connectivity index (χ1v) is 10.3. The van der Waals surface area contributed by atoms with Gasteiger partial charge in [-0.2, -0.15) is 0 Å². The summed E-state index contributed by atoms with van der Waals surface area (Å²) in [5, 5.41) is 0. The summed E-state index contributed by atoms with van der Waals surface area (Å²) in [5.74, 6) is 0.922. The van der Waals surface area contributed by atoms with Crippen LogP contribution in [0, 0.1) is 0 Å². The molecule has 1 atom stereocenters. The van der Waals surface area contributed by atoms with E-state index in [-0.39, 0.29) is 11.9 Å². The van der Waals surface area contributed by atoms with Gasteiger partial charge in [0.2, 0.25) is 5.91 Å². The highest BCUT2D eigenvalue weighted by Crippen LogP contribution is 2.43. The molecule has 29 heavy (non-hydrogen) atoms. The molecule has 0 bridgehead atoms. The van der Waals surface area contributed by atoms with Crippen molar-refractivity contribution in [2.45, 2.75) is 44.7 Å². The Morgan fingerprint density at radius 3 is 2.52 bits per heavy atom. The molecule has 0 N–H and O–H groups in total. The number of rotatable bonds is 3. The topological polar surface area (TPSA) is 49.6 Å². The molecule has 5 nitrogen and oxygen atoms in total. The minimum Gasteiger partial charge on any atom is -0.443 e. The molecule has 0 unspecified atom stereocenters. The SMILES string of the molecule is C[C@@H]1C(=O)N(C)c2ccc(-c3ccccc3-c3cnco3)cc2N1C1CCCC1. The third-order valence-corrected chi connectivity index (χ3v) is 6.37. The van der Waals surface area contributed by atoms with Crippen molar-refractivity contribution < 1.29 is 9.21 Å². The number of benzene rings is 2. The second-order valence-corrected chi connectivity index (χ2v) is 8.03. The molecule has 2 heterocycles. The van der Waals surface area contributed by atoms with Gasteiger partial charge in [0.05, 0.1) is 17.6 Å². The third-order valence-electron chi connectivity index (χ3n) is 6.37. The number of carbonyl (C=O) groups is 1. The average Bonchev–Trinajstić information content (AvgIpc) is 3.46. The number of aromatic nitrogens is 1. The van der Waals surface area contributed by atoms with E-state index in [1.807, 2.05) is 26.1 Å². The summed E-state index contributed by atoms with van der Waals surface area (Å²) in [7, 11) is 1.88. The van der Waals surface area contributed by atoms with Gasteiger partial charge in [-0.05, 0) is 43.0 Å². The largest absolute Gasteiger partial charge is 0.443 e. The molecule has 2 aromatic carbocycles. The van der Waals surface area contributed by atoms with Crippen LogP contribution in [0.2, 0.25) is 0 Å². The molecule has 0 spiro atoms. The zero-order chi connectivity index (χ0) is 20.0. The molecule has 2 aliphatic rings. The van der Waals surface area contributed by atoms with E-state index >= 15 is 0 Å². The van der Waals surface area contributed by atoms with Gasteiger partial charge in [0.1, 0.15) is 6.04 Å². The Morgan fingerprint density at radius 2 is 1.79 bits per heavy atom. The minimum atomic E-state index is -0.143. The maximum atomic E-state index is 12.9. The van der Waals surface area contributed by atoms with Gasteiger partial charge in [-0.15, -0.1) is 0 Å². The van der Waals surface area contributed by atoms with E-state index < -0.39 is 0 Å². The molecule has 0 saturated heterocycles. The molecular formula is C24H25N3O2. The van der Waals surface area contributed by atoms with Crippen molar-refractivity contribution in [2.75, 3.05) is 16.8 Å². The number of amides is 1. The van der Waals surface area contributed by atoms with Gasteiger partial charge in [-0.3, -0.25) is 4.79 Å². The second kappa shape index (κ2) is 7.07. The molecule has 1 saturated carbocycles. The first-order chi connectivity index (χ1) is 14.1. The lowest BCUT2D eigenvalue weighted by atomic mass is 9.95. The Balaban J connectivity index is 1.65. The molecule has 1 amide bonds. The molecule has 148 valence electrons. The monoisotopic (exact) mass is 387 g/mol. The van der Waals surface area contributed by atoms with E-state index in [1.54, 1.807) is 11.1 Å². The molecule has 1 aromatic heterocycles. The standard InChI is InChI=1S/C24H25N3O2/c1-16-24(28)26(2)21-12-11-17(13-22(21)27(16)18-7-3-4-8-18)19-9-5-6-10-20(19)23-14-25-15-29-23/h5-6,9-16,18H,3-4,7-8H2,1-2H3/t16-/m1/s1. The zero-order valence-corrected chi connectivity index (χ0v) is 16.8. The van der Waals surface area contributed by atoms with Crippen LogP contribution in [0.25, 0.3) is 22.5 Å². The number of hydrogen-bond donors (Lipinski definition) is 0. The number of likely N-dealkylation sites (N-methyl/N-ethyl adjacent to an activating group) is 1. The van der Waals surface area contributed by atoms with Crippen molar-refractivity contribution in [3.05, 3.63) is 55.1 Å². The van der Waals surface area contributed by atoms with Crippen molar-refractivity contribution in [2.24, 2.45) is 0 Å². The molecule has 1 aliphatic carbocycles. The van der Waals surface area contributed by atoms with Gasteiger partial charge in [0.15, 0.2) is 12.2 Å². The van der Waals surface area contributed by atoms with Crippen molar-refractivity contribution in [3.63, 3.8) is 0 Å². The van der Waals surface area contributed by atoms with Crippen molar-refractivity contribution >= 4 is 17.3 Å². The van der Waals surface area contributed by atoms with E-state index in [2.05, 4.69) is 40.2 Å². The third kappa shape index (κ3) is 2.92. The average molecular weight is 387 g/mol. The predicted molar refractivity (Wildman–Crippen MR) is 115 cm³/mol. The highest BCUT2D eigenvalue weighted by molar-refractivity contribution is 6.05. The fourth-order valence-electron chi connectivity index (χ4n) is 4.90. The summed E-state index contributed by atoms with van der Waals surface area (Å²) < 4.78 is 5.57. The normalized spacial score (nSPS) is 19.7. The Kier molecular flexibility index (Phi) is 4.38. The van der Waals surface area contributed by atoms with Crippen molar-refractivity contribution in [3.8, 4) is 22.5 Å². The lowest BCUT2D eigenvalue weighted by Gasteiger charge is -2.44. The van der Waals surface area contributed by atoms with Crippen LogP contribution in [-0.2, 0) is 4.79 Å². The van der Waals surface area contributed by atoms with Crippen molar-refractivity contribution in [1.29, 1.82) is 0 Å². The van der Waals surface area contributed by atoms with E-state index in [1.165, 1.54) is 19.2 Å². The highest BCUT2D eigenvalue weighted by Gasteiger charge is 2.38. The summed E-state index contributed by atoms with van der Waals surface area (Å²) in [4.78, 5) is 21.1. The van der Waals surface area contributed by atoms with Crippen LogP contribution in [0.1, 0.15) is 32.6 Å². The smallest absolute Gasteiger partial charge is 0.249 e. The van der Waals surface area contributed by atoms with E-state index in [9.17, 15) is 4.79 Å². The Bertz CT molecular complexity index is 1040. The number of carbonyl (C=O) groups excluding carboxylic acids is 1. The lowest BCUT2D eigenvalue weighted by molar-refractivity contribution is -0.119. The second-order valence-electron chi connectivity index (χ2n) is 8.03. The summed E-state index contributed by atoms with van der Waals surface area (Å²) in [5.41, 5.74) is 5.38. The highest BCUT2D eigenvalue weighted by atomic mass is 16.3.